The van der Waals surface area contributed by atoms with Crippen LogP contribution in [0.4, 0.5) is 0 Å². The first-order chi connectivity index (χ1) is 14.6. The van der Waals surface area contributed by atoms with Crippen LogP contribution >= 0.6 is 11.6 Å². The molecule has 7 heteroatoms. The lowest BCUT2D eigenvalue weighted by atomic mass is 9.94. The first-order valence-electron chi connectivity index (χ1n) is 10.1. The van der Waals surface area contributed by atoms with Gasteiger partial charge in [0.15, 0.2) is 0 Å². The Bertz CT molecular complexity index is 1050. The summed E-state index contributed by atoms with van der Waals surface area (Å²) >= 11 is 6.25. The summed E-state index contributed by atoms with van der Waals surface area (Å²) < 4.78 is 0. The molecule has 1 aromatic heterocycles. The van der Waals surface area contributed by atoms with Gasteiger partial charge < -0.3 is 10.8 Å². The third-order valence-electron chi connectivity index (χ3n) is 5.58. The number of aromatic nitrogens is 1. The van der Waals surface area contributed by atoms with Gasteiger partial charge in [0, 0.05) is 61.8 Å². The molecule has 1 aliphatic heterocycles. The number of rotatable bonds is 6. The summed E-state index contributed by atoms with van der Waals surface area (Å²) in [6.07, 6.45) is 0. The topological polar surface area (TPSA) is 82.7 Å². The van der Waals surface area contributed by atoms with Crippen molar-refractivity contribution < 1.29 is 9.90 Å². The van der Waals surface area contributed by atoms with Crippen LogP contribution in [-0.2, 0) is 6.54 Å². The second-order valence-corrected chi connectivity index (χ2v) is 7.98. The van der Waals surface area contributed by atoms with Crippen molar-refractivity contribution in [1.82, 2.24) is 14.8 Å². The van der Waals surface area contributed by atoms with E-state index in [2.05, 4.69) is 9.80 Å². The summed E-state index contributed by atoms with van der Waals surface area (Å²) in [5.41, 5.74) is 8.77. The summed E-state index contributed by atoms with van der Waals surface area (Å²) in [5, 5.41) is 11.5. The Hall–Kier alpha value is -2.51. The molecule has 2 heterocycles. The lowest BCUT2D eigenvalue weighted by Crippen LogP contribution is -2.47. The minimum atomic E-state index is -0.972. The van der Waals surface area contributed by atoms with Gasteiger partial charge in [-0.05, 0) is 23.8 Å². The van der Waals surface area contributed by atoms with Crippen molar-refractivity contribution in [3.8, 4) is 11.1 Å². The highest BCUT2D eigenvalue weighted by atomic mass is 35.5. The molecule has 0 atom stereocenters. The van der Waals surface area contributed by atoms with Gasteiger partial charge in [0.2, 0.25) is 0 Å². The van der Waals surface area contributed by atoms with Gasteiger partial charge in [0.05, 0.1) is 16.8 Å². The molecule has 6 nitrogen and oxygen atoms in total. The molecule has 2 aromatic carbocycles. The molecule has 3 N–H and O–H groups in total. The highest BCUT2D eigenvalue weighted by Crippen LogP contribution is 2.35. The molecule has 0 radical (unpaired) electrons. The number of fused-ring (bicyclic) bond motifs is 1. The molecule has 30 heavy (non-hydrogen) atoms. The number of carbonyl (C=O) groups is 1. The van der Waals surface area contributed by atoms with E-state index < -0.39 is 5.97 Å². The molecule has 0 spiro atoms. The van der Waals surface area contributed by atoms with E-state index in [0.29, 0.717) is 29.4 Å². The monoisotopic (exact) mass is 424 g/mol. The zero-order chi connectivity index (χ0) is 21.1. The predicted molar refractivity (Wildman–Crippen MR) is 120 cm³/mol. The van der Waals surface area contributed by atoms with Gasteiger partial charge in [0.1, 0.15) is 0 Å². The molecule has 0 unspecified atom stereocenters. The number of hydrogen-bond donors (Lipinski definition) is 2. The highest BCUT2D eigenvalue weighted by molar-refractivity contribution is 6.31. The normalized spacial score (nSPS) is 15.5. The summed E-state index contributed by atoms with van der Waals surface area (Å²) in [4.78, 5) is 21.8. The van der Waals surface area contributed by atoms with Gasteiger partial charge >= 0.3 is 5.97 Å². The van der Waals surface area contributed by atoms with E-state index in [0.717, 1.165) is 49.2 Å². The minimum Gasteiger partial charge on any atom is -0.478 e. The largest absolute Gasteiger partial charge is 0.478 e. The number of carboxylic acids is 1. The van der Waals surface area contributed by atoms with E-state index in [-0.39, 0.29) is 5.56 Å². The molecule has 156 valence electrons. The molecule has 0 saturated carbocycles. The molecule has 4 rings (SSSR count). The quantitative estimate of drug-likeness (QED) is 0.631. The molecule has 1 saturated heterocycles. The Balaban J connectivity index is 1.79. The smallest absolute Gasteiger partial charge is 0.338 e. The van der Waals surface area contributed by atoms with Crippen molar-refractivity contribution in [3.63, 3.8) is 0 Å². The fourth-order valence-corrected chi connectivity index (χ4v) is 4.27. The lowest BCUT2D eigenvalue weighted by Gasteiger charge is -2.34. The highest BCUT2D eigenvalue weighted by Gasteiger charge is 2.25. The van der Waals surface area contributed by atoms with E-state index in [1.165, 1.54) is 0 Å². The lowest BCUT2D eigenvalue weighted by molar-refractivity contribution is 0.0693. The Morgan fingerprint density at radius 2 is 1.77 bits per heavy atom. The van der Waals surface area contributed by atoms with Crippen LogP contribution in [0.5, 0.6) is 0 Å². The summed E-state index contributed by atoms with van der Waals surface area (Å²) in [6, 6.07) is 15.0. The third kappa shape index (κ3) is 4.32. The van der Waals surface area contributed by atoms with E-state index in [9.17, 15) is 9.90 Å². The van der Waals surface area contributed by atoms with Crippen LogP contribution in [0.3, 0.4) is 0 Å². The fourth-order valence-electron chi connectivity index (χ4n) is 4.10. The van der Waals surface area contributed by atoms with E-state index in [4.69, 9.17) is 22.3 Å². The van der Waals surface area contributed by atoms with Crippen molar-refractivity contribution in [3.05, 3.63) is 64.8 Å². The molecule has 0 bridgehead atoms. The van der Waals surface area contributed by atoms with Crippen LogP contribution in [0.2, 0.25) is 5.02 Å². The van der Waals surface area contributed by atoms with Crippen LogP contribution in [0.15, 0.2) is 48.5 Å². The Morgan fingerprint density at radius 1 is 1.07 bits per heavy atom. The van der Waals surface area contributed by atoms with E-state index in [1.807, 2.05) is 36.4 Å². The average molecular weight is 425 g/mol. The Morgan fingerprint density at radius 3 is 2.43 bits per heavy atom. The number of halogens is 1. The molecular formula is C23H25ClN4O2. The summed E-state index contributed by atoms with van der Waals surface area (Å²) in [6.45, 7) is 5.61. The number of nitrogens with two attached hydrogens (primary N) is 1. The maximum atomic E-state index is 12.4. The average Bonchev–Trinajstić information content (AvgIpc) is 2.75. The van der Waals surface area contributed by atoms with Crippen molar-refractivity contribution in [1.29, 1.82) is 0 Å². The van der Waals surface area contributed by atoms with Crippen LogP contribution in [0.1, 0.15) is 16.1 Å². The summed E-state index contributed by atoms with van der Waals surface area (Å²) in [5.74, 6) is -0.972. The maximum absolute atomic E-state index is 12.4. The first-order valence-corrected chi connectivity index (χ1v) is 10.5. The molecule has 0 aliphatic carbocycles. The maximum Gasteiger partial charge on any atom is 0.338 e. The van der Waals surface area contributed by atoms with Gasteiger partial charge in [-0.1, -0.05) is 41.9 Å². The van der Waals surface area contributed by atoms with Gasteiger partial charge in [-0.3, -0.25) is 14.8 Å². The first kappa shape index (κ1) is 20.8. The van der Waals surface area contributed by atoms with Gasteiger partial charge in [-0.15, -0.1) is 0 Å². The Kier molecular flexibility index (Phi) is 6.29. The molecular weight excluding hydrogens is 400 g/mol. The minimum absolute atomic E-state index is 0.250. The van der Waals surface area contributed by atoms with Crippen molar-refractivity contribution in [2.75, 3.05) is 39.3 Å². The second kappa shape index (κ2) is 9.10. The van der Waals surface area contributed by atoms with Crippen LogP contribution < -0.4 is 5.73 Å². The number of piperazine rings is 1. The van der Waals surface area contributed by atoms with E-state index in [1.54, 1.807) is 12.1 Å². The summed E-state index contributed by atoms with van der Waals surface area (Å²) in [7, 11) is 0. The fraction of sp³-hybridized carbons (Fsp3) is 0.304. The standard InChI is InChI=1S/C23H25ClN4O2/c24-17-6-7-19-18(14-17)21(16-4-2-1-3-5-16)22(23(29)30)20(26-19)15-28-12-10-27(9-8-25)11-13-28/h1-7,14H,8-13,15,25H2,(H,29,30). The van der Waals surface area contributed by atoms with E-state index >= 15 is 0 Å². The zero-order valence-corrected chi connectivity index (χ0v) is 17.5. The Labute approximate surface area is 180 Å². The van der Waals surface area contributed by atoms with Gasteiger partial charge in [-0.25, -0.2) is 4.79 Å². The van der Waals surface area contributed by atoms with Crippen LogP contribution in [0, 0.1) is 0 Å². The second-order valence-electron chi connectivity index (χ2n) is 7.55. The van der Waals surface area contributed by atoms with Crippen molar-refractivity contribution in [2.45, 2.75) is 6.54 Å². The van der Waals surface area contributed by atoms with Gasteiger partial charge in [0.25, 0.3) is 0 Å². The predicted octanol–water partition coefficient (Wildman–Crippen LogP) is 3.33. The van der Waals surface area contributed by atoms with Crippen molar-refractivity contribution >= 4 is 28.5 Å². The molecule has 3 aromatic rings. The number of carboxylic acid groups (broad SMARTS) is 1. The molecule has 1 aliphatic rings. The van der Waals surface area contributed by atoms with Crippen LogP contribution in [0.25, 0.3) is 22.0 Å². The van der Waals surface area contributed by atoms with Gasteiger partial charge in [-0.2, -0.15) is 0 Å². The number of pyridine rings is 1. The number of benzene rings is 2. The number of hydrogen-bond acceptors (Lipinski definition) is 5. The van der Waals surface area contributed by atoms with Crippen molar-refractivity contribution in [2.24, 2.45) is 5.73 Å². The number of nitrogens with zero attached hydrogens (tertiary/aromatic N) is 3. The molecule has 0 amide bonds. The number of aromatic carboxylic acids is 1. The SMILES string of the molecule is NCCN1CCN(Cc2nc3ccc(Cl)cc3c(-c3ccccc3)c2C(=O)O)CC1. The third-order valence-corrected chi connectivity index (χ3v) is 5.82. The zero-order valence-electron chi connectivity index (χ0n) is 16.7. The molecule has 1 fully saturated rings. The van der Waals surface area contributed by atoms with Crippen LogP contribution in [-0.4, -0.2) is 65.1 Å².